The number of aromatic nitrogens is 2. The smallest absolute Gasteiger partial charge is 0.270 e. The summed E-state index contributed by atoms with van der Waals surface area (Å²) in [6.45, 7) is 3.30. The van der Waals surface area contributed by atoms with Crippen LogP contribution in [0.25, 0.3) is 0 Å². The highest BCUT2D eigenvalue weighted by Crippen LogP contribution is 2.11. The quantitative estimate of drug-likeness (QED) is 0.896. The third-order valence-electron chi connectivity index (χ3n) is 3.76. The van der Waals surface area contributed by atoms with E-state index in [4.69, 9.17) is 16.3 Å². The van der Waals surface area contributed by atoms with Gasteiger partial charge in [0.05, 0.1) is 13.2 Å². The first-order valence-corrected chi connectivity index (χ1v) is 8.28. The molecule has 126 valence electrons. The maximum atomic E-state index is 12.3. The first kappa shape index (κ1) is 16.7. The van der Waals surface area contributed by atoms with Gasteiger partial charge in [-0.1, -0.05) is 23.7 Å². The highest BCUT2D eigenvalue weighted by Gasteiger charge is 2.15. The normalized spacial score (nSPS) is 14.5. The summed E-state index contributed by atoms with van der Waals surface area (Å²) in [5, 5.41) is 3.58. The number of morpholine rings is 1. The lowest BCUT2D eigenvalue weighted by Gasteiger charge is -2.26. The molecule has 0 aliphatic carbocycles. The van der Waals surface area contributed by atoms with Crippen molar-refractivity contribution in [2.75, 3.05) is 37.7 Å². The van der Waals surface area contributed by atoms with Gasteiger partial charge in [0, 0.05) is 30.9 Å². The van der Waals surface area contributed by atoms with Crippen LogP contribution in [0.2, 0.25) is 5.02 Å². The number of carbonyl (C=O) groups is 1. The molecule has 1 aromatic carbocycles. The molecule has 1 aliphatic heterocycles. The van der Waals surface area contributed by atoms with Gasteiger partial charge in [-0.25, -0.2) is 9.97 Å². The molecule has 1 amide bonds. The molecular formula is C17H19ClN4O2. The van der Waals surface area contributed by atoms with Crippen LogP contribution in [0.4, 0.5) is 5.95 Å². The molecule has 0 spiro atoms. The molecule has 7 heteroatoms. The fraction of sp³-hybridized carbons (Fsp3) is 0.353. The SMILES string of the molecule is O=C(NCCc1cccc(Cl)c1)c1ccnc(N2CCOCC2)n1. The second kappa shape index (κ2) is 8.08. The Morgan fingerprint density at radius 1 is 1.29 bits per heavy atom. The molecule has 0 bridgehead atoms. The van der Waals surface area contributed by atoms with Crippen LogP contribution in [-0.2, 0) is 11.2 Å². The van der Waals surface area contributed by atoms with Crippen LogP contribution in [-0.4, -0.2) is 48.7 Å². The van der Waals surface area contributed by atoms with E-state index in [1.807, 2.05) is 29.2 Å². The summed E-state index contributed by atoms with van der Waals surface area (Å²) in [5.41, 5.74) is 1.46. The second-order valence-corrected chi connectivity index (χ2v) is 5.91. The van der Waals surface area contributed by atoms with Gasteiger partial charge in [-0.3, -0.25) is 4.79 Å². The Hall–Kier alpha value is -2.18. The minimum absolute atomic E-state index is 0.200. The predicted octanol–water partition coefficient (Wildman–Crippen LogP) is 1.94. The Morgan fingerprint density at radius 3 is 2.92 bits per heavy atom. The van der Waals surface area contributed by atoms with E-state index in [0.717, 1.165) is 18.7 Å². The van der Waals surface area contributed by atoms with Gasteiger partial charge in [-0.2, -0.15) is 0 Å². The van der Waals surface area contributed by atoms with Crippen molar-refractivity contribution in [3.8, 4) is 0 Å². The highest BCUT2D eigenvalue weighted by molar-refractivity contribution is 6.30. The number of benzene rings is 1. The number of nitrogens with one attached hydrogen (secondary N) is 1. The van der Waals surface area contributed by atoms with Crippen molar-refractivity contribution in [2.45, 2.75) is 6.42 Å². The van der Waals surface area contributed by atoms with Crippen molar-refractivity contribution in [3.63, 3.8) is 0 Å². The Balaban J connectivity index is 1.56. The summed E-state index contributed by atoms with van der Waals surface area (Å²) in [4.78, 5) is 22.9. The largest absolute Gasteiger partial charge is 0.378 e. The zero-order valence-corrected chi connectivity index (χ0v) is 14.0. The van der Waals surface area contributed by atoms with Gasteiger partial charge in [0.2, 0.25) is 5.95 Å². The number of halogens is 1. The number of nitrogens with zero attached hydrogens (tertiary/aromatic N) is 3. The molecule has 0 unspecified atom stereocenters. The summed E-state index contributed by atoms with van der Waals surface area (Å²) in [7, 11) is 0. The molecule has 6 nitrogen and oxygen atoms in total. The van der Waals surface area contributed by atoms with E-state index in [9.17, 15) is 4.79 Å². The van der Waals surface area contributed by atoms with Crippen molar-refractivity contribution in [1.82, 2.24) is 15.3 Å². The Labute approximate surface area is 145 Å². The van der Waals surface area contributed by atoms with Crippen LogP contribution < -0.4 is 10.2 Å². The molecule has 1 fully saturated rings. The Bertz CT molecular complexity index is 704. The lowest BCUT2D eigenvalue weighted by atomic mass is 10.1. The fourth-order valence-electron chi connectivity index (χ4n) is 2.49. The van der Waals surface area contributed by atoms with Gasteiger partial charge in [0.1, 0.15) is 5.69 Å². The van der Waals surface area contributed by atoms with Gasteiger partial charge >= 0.3 is 0 Å². The molecule has 1 aliphatic rings. The van der Waals surface area contributed by atoms with Crippen molar-refractivity contribution in [2.24, 2.45) is 0 Å². The van der Waals surface area contributed by atoms with Crippen LogP contribution in [0.3, 0.4) is 0 Å². The van der Waals surface area contributed by atoms with Crippen LogP contribution in [0.5, 0.6) is 0 Å². The lowest BCUT2D eigenvalue weighted by Crippen LogP contribution is -2.37. The maximum absolute atomic E-state index is 12.3. The lowest BCUT2D eigenvalue weighted by molar-refractivity contribution is 0.0949. The number of amides is 1. The van der Waals surface area contributed by atoms with E-state index in [0.29, 0.717) is 42.8 Å². The standard InChI is InChI=1S/C17H19ClN4O2/c18-14-3-1-2-13(12-14)4-6-19-16(23)15-5-7-20-17(21-15)22-8-10-24-11-9-22/h1-3,5,7,12H,4,6,8-11H2,(H,19,23). The van der Waals surface area contributed by atoms with E-state index in [-0.39, 0.29) is 5.91 Å². The van der Waals surface area contributed by atoms with Gasteiger partial charge in [0.15, 0.2) is 0 Å². The molecule has 0 radical (unpaired) electrons. The molecule has 3 rings (SSSR count). The average molecular weight is 347 g/mol. The second-order valence-electron chi connectivity index (χ2n) is 5.48. The van der Waals surface area contributed by atoms with Crippen LogP contribution in [0.1, 0.15) is 16.1 Å². The minimum Gasteiger partial charge on any atom is -0.378 e. The minimum atomic E-state index is -0.200. The number of hydrogen-bond acceptors (Lipinski definition) is 5. The summed E-state index contributed by atoms with van der Waals surface area (Å²) in [6.07, 6.45) is 2.33. The third kappa shape index (κ3) is 4.43. The van der Waals surface area contributed by atoms with Gasteiger partial charge in [-0.15, -0.1) is 0 Å². The summed E-state index contributed by atoms with van der Waals surface area (Å²) in [6, 6.07) is 9.24. The molecule has 24 heavy (non-hydrogen) atoms. The Kier molecular flexibility index (Phi) is 5.61. The van der Waals surface area contributed by atoms with Crippen LogP contribution in [0.15, 0.2) is 36.5 Å². The van der Waals surface area contributed by atoms with Crippen LogP contribution >= 0.6 is 11.6 Å². The molecule has 2 heterocycles. The maximum Gasteiger partial charge on any atom is 0.270 e. The molecule has 1 saturated heterocycles. The van der Waals surface area contributed by atoms with Gasteiger partial charge < -0.3 is 15.0 Å². The zero-order chi connectivity index (χ0) is 16.8. The van der Waals surface area contributed by atoms with E-state index < -0.39 is 0 Å². The molecule has 0 saturated carbocycles. The summed E-state index contributed by atoms with van der Waals surface area (Å²) >= 11 is 5.96. The number of ether oxygens (including phenoxy) is 1. The number of carbonyl (C=O) groups excluding carboxylic acids is 1. The predicted molar refractivity (Wildman–Crippen MR) is 92.6 cm³/mol. The van der Waals surface area contributed by atoms with E-state index in [1.54, 1.807) is 12.3 Å². The van der Waals surface area contributed by atoms with Crippen molar-refractivity contribution < 1.29 is 9.53 Å². The first-order valence-electron chi connectivity index (χ1n) is 7.91. The van der Waals surface area contributed by atoms with Gasteiger partial charge in [0.25, 0.3) is 5.91 Å². The average Bonchev–Trinajstić information content (AvgIpc) is 2.62. The van der Waals surface area contributed by atoms with Crippen LogP contribution in [0, 0.1) is 0 Å². The first-order chi connectivity index (χ1) is 11.7. The van der Waals surface area contributed by atoms with E-state index in [2.05, 4.69) is 15.3 Å². The van der Waals surface area contributed by atoms with Crippen molar-refractivity contribution in [1.29, 1.82) is 0 Å². The van der Waals surface area contributed by atoms with E-state index in [1.165, 1.54) is 0 Å². The summed E-state index contributed by atoms with van der Waals surface area (Å²) in [5.74, 6) is 0.370. The van der Waals surface area contributed by atoms with Crippen molar-refractivity contribution >= 4 is 23.5 Å². The molecule has 1 N–H and O–H groups in total. The fourth-order valence-corrected chi connectivity index (χ4v) is 2.71. The zero-order valence-electron chi connectivity index (χ0n) is 13.2. The monoisotopic (exact) mass is 346 g/mol. The number of rotatable bonds is 5. The molecule has 2 aromatic rings. The summed E-state index contributed by atoms with van der Waals surface area (Å²) < 4.78 is 5.32. The van der Waals surface area contributed by atoms with Crippen molar-refractivity contribution in [3.05, 3.63) is 52.8 Å². The molecule has 1 aromatic heterocycles. The number of hydrogen-bond donors (Lipinski definition) is 1. The van der Waals surface area contributed by atoms with Gasteiger partial charge in [-0.05, 0) is 30.2 Å². The van der Waals surface area contributed by atoms with E-state index >= 15 is 0 Å². The molecule has 0 atom stereocenters. The third-order valence-corrected chi connectivity index (χ3v) is 3.99. The molecular weight excluding hydrogens is 328 g/mol. The number of anilines is 1. The Morgan fingerprint density at radius 2 is 2.12 bits per heavy atom. The highest BCUT2D eigenvalue weighted by atomic mass is 35.5. The topological polar surface area (TPSA) is 67.4 Å².